The first-order chi connectivity index (χ1) is 12.7. The Labute approximate surface area is 149 Å². The fourth-order valence-electron chi connectivity index (χ4n) is 3.25. The molecule has 0 saturated carbocycles. The summed E-state index contributed by atoms with van der Waals surface area (Å²) in [7, 11) is 0. The molecule has 9 heteroatoms. The third-order valence-corrected chi connectivity index (χ3v) is 4.43. The van der Waals surface area contributed by atoms with Crippen LogP contribution in [0.5, 0.6) is 0 Å². The molecular formula is C17H20N6O3. The number of ether oxygens (including phenoxy) is 1. The third kappa shape index (κ3) is 3.58. The maximum Gasteiger partial charge on any atom is 0.341 e. The van der Waals surface area contributed by atoms with Crippen LogP contribution in [0.25, 0.3) is 5.65 Å². The van der Waals surface area contributed by atoms with E-state index in [2.05, 4.69) is 20.1 Å². The van der Waals surface area contributed by atoms with E-state index < -0.39 is 5.97 Å². The minimum Gasteiger partial charge on any atom is -0.477 e. The highest BCUT2D eigenvalue weighted by Gasteiger charge is 2.20. The third-order valence-electron chi connectivity index (χ3n) is 4.43. The molecule has 0 unspecified atom stereocenters. The van der Waals surface area contributed by atoms with Gasteiger partial charge in [0.1, 0.15) is 5.56 Å². The highest BCUT2D eigenvalue weighted by Crippen LogP contribution is 2.14. The molecule has 26 heavy (non-hydrogen) atoms. The van der Waals surface area contributed by atoms with Gasteiger partial charge < -0.3 is 9.84 Å². The van der Waals surface area contributed by atoms with Gasteiger partial charge in [0.05, 0.1) is 18.8 Å². The van der Waals surface area contributed by atoms with Crippen molar-refractivity contribution < 1.29 is 14.6 Å². The standard InChI is InChI=1S/C17H20N6O3/c24-17(25)15-8-20-23-10-13(7-18-16(15)23)9-21-4-2-6-26-14(11-21)12-22-5-1-3-19-22/h1,3,5,7-8,10,14H,2,4,6,9,11-12H2,(H,24,25)/t14-/m1/s1. The van der Waals surface area contributed by atoms with Crippen molar-refractivity contribution in [2.45, 2.75) is 25.6 Å². The van der Waals surface area contributed by atoms with E-state index >= 15 is 0 Å². The number of aromatic carboxylic acids is 1. The van der Waals surface area contributed by atoms with Crippen LogP contribution >= 0.6 is 0 Å². The van der Waals surface area contributed by atoms with Gasteiger partial charge in [0.15, 0.2) is 5.65 Å². The maximum absolute atomic E-state index is 11.2. The van der Waals surface area contributed by atoms with E-state index in [1.54, 1.807) is 12.4 Å². The molecule has 4 heterocycles. The van der Waals surface area contributed by atoms with Gasteiger partial charge in [-0.3, -0.25) is 9.58 Å². The van der Waals surface area contributed by atoms with Crippen molar-refractivity contribution in [2.75, 3.05) is 19.7 Å². The van der Waals surface area contributed by atoms with Crippen LogP contribution in [-0.4, -0.2) is 66.2 Å². The number of aromatic nitrogens is 5. The fourth-order valence-corrected chi connectivity index (χ4v) is 3.25. The first kappa shape index (κ1) is 16.7. The Morgan fingerprint density at radius 3 is 3.08 bits per heavy atom. The largest absolute Gasteiger partial charge is 0.477 e. The number of carboxylic acids is 1. The van der Waals surface area contributed by atoms with Crippen molar-refractivity contribution >= 4 is 11.6 Å². The number of hydrogen-bond donors (Lipinski definition) is 1. The molecule has 1 N–H and O–H groups in total. The summed E-state index contributed by atoms with van der Waals surface area (Å²) in [5.41, 5.74) is 1.45. The molecule has 136 valence electrons. The zero-order chi connectivity index (χ0) is 17.9. The Morgan fingerprint density at radius 1 is 1.35 bits per heavy atom. The first-order valence-corrected chi connectivity index (χ1v) is 8.56. The zero-order valence-electron chi connectivity index (χ0n) is 14.2. The summed E-state index contributed by atoms with van der Waals surface area (Å²) in [6.07, 6.45) is 9.64. The van der Waals surface area contributed by atoms with Crippen molar-refractivity contribution in [2.24, 2.45) is 0 Å². The van der Waals surface area contributed by atoms with Crippen molar-refractivity contribution in [3.8, 4) is 0 Å². The van der Waals surface area contributed by atoms with Gasteiger partial charge in [-0.2, -0.15) is 10.2 Å². The summed E-state index contributed by atoms with van der Waals surface area (Å²) in [6.45, 7) is 3.91. The molecule has 1 aliphatic heterocycles. The molecule has 0 amide bonds. The smallest absolute Gasteiger partial charge is 0.341 e. The van der Waals surface area contributed by atoms with Crippen LogP contribution in [0, 0.1) is 0 Å². The number of carbonyl (C=O) groups is 1. The van der Waals surface area contributed by atoms with Crippen molar-refractivity contribution in [3.05, 3.63) is 48.2 Å². The number of rotatable bonds is 5. The number of carboxylic acid groups (broad SMARTS) is 1. The molecule has 3 aromatic rings. The Hall–Kier alpha value is -2.78. The lowest BCUT2D eigenvalue weighted by Gasteiger charge is -2.23. The Kier molecular flexibility index (Phi) is 4.63. The molecular weight excluding hydrogens is 336 g/mol. The quantitative estimate of drug-likeness (QED) is 0.726. The molecule has 4 rings (SSSR count). The predicted octanol–water partition coefficient (Wildman–Crippen LogP) is 0.915. The average molecular weight is 356 g/mol. The van der Waals surface area contributed by atoms with Gasteiger partial charge >= 0.3 is 5.97 Å². The molecule has 1 fully saturated rings. The molecule has 0 spiro atoms. The topological polar surface area (TPSA) is 97.8 Å². The molecule has 9 nitrogen and oxygen atoms in total. The van der Waals surface area contributed by atoms with Crippen LogP contribution in [0.3, 0.4) is 0 Å². The second-order valence-corrected chi connectivity index (χ2v) is 6.40. The van der Waals surface area contributed by atoms with Gasteiger partial charge in [0.25, 0.3) is 0 Å². The van der Waals surface area contributed by atoms with Gasteiger partial charge in [-0.15, -0.1) is 0 Å². The SMILES string of the molecule is O=C(O)c1cnn2cc(CN3CCCO[C@@H](Cn4cccn4)C3)cnc12. The van der Waals surface area contributed by atoms with Crippen molar-refractivity contribution in [1.82, 2.24) is 29.3 Å². The van der Waals surface area contributed by atoms with E-state index in [9.17, 15) is 4.79 Å². The first-order valence-electron chi connectivity index (χ1n) is 8.56. The second-order valence-electron chi connectivity index (χ2n) is 6.40. The monoisotopic (exact) mass is 356 g/mol. The molecule has 1 aliphatic rings. The van der Waals surface area contributed by atoms with Gasteiger partial charge in [0.2, 0.25) is 0 Å². The summed E-state index contributed by atoms with van der Waals surface area (Å²) >= 11 is 0. The number of nitrogens with zero attached hydrogens (tertiary/aromatic N) is 6. The summed E-state index contributed by atoms with van der Waals surface area (Å²) in [5, 5.41) is 17.5. The van der Waals surface area contributed by atoms with Gasteiger partial charge in [0, 0.05) is 56.6 Å². The van der Waals surface area contributed by atoms with Crippen LogP contribution < -0.4 is 0 Å². The Bertz CT molecular complexity index is 891. The number of hydrogen-bond acceptors (Lipinski definition) is 6. The predicted molar refractivity (Wildman–Crippen MR) is 91.8 cm³/mol. The fraction of sp³-hybridized carbons (Fsp3) is 0.412. The molecule has 1 saturated heterocycles. The summed E-state index contributed by atoms with van der Waals surface area (Å²) in [4.78, 5) is 17.8. The highest BCUT2D eigenvalue weighted by atomic mass is 16.5. The van der Waals surface area contributed by atoms with Gasteiger partial charge in [-0.05, 0) is 12.5 Å². The lowest BCUT2D eigenvalue weighted by atomic mass is 10.2. The molecule has 0 aromatic carbocycles. The van der Waals surface area contributed by atoms with Crippen LogP contribution in [-0.2, 0) is 17.8 Å². The van der Waals surface area contributed by atoms with Crippen molar-refractivity contribution in [3.63, 3.8) is 0 Å². The normalized spacial score (nSPS) is 18.8. The Morgan fingerprint density at radius 2 is 2.27 bits per heavy atom. The summed E-state index contributed by atoms with van der Waals surface area (Å²) < 4.78 is 9.35. The summed E-state index contributed by atoms with van der Waals surface area (Å²) in [5.74, 6) is -1.02. The highest BCUT2D eigenvalue weighted by molar-refractivity contribution is 5.93. The lowest BCUT2D eigenvalue weighted by molar-refractivity contribution is 0.0391. The van der Waals surface area contributed by atoms with E-state index in [-0.39, 0.29) is 11.7 Å². The average Bonchev–Trinajstić information content (AvgIpc) is 3.22. The molecule has 0 aliphatic carbocycles. The Balaban J connectivity index is 1.46. The van der Waals surface area contributed by atoms with Crippen LogP contribution in [0.2, 0.25) is 0 Å². The maximum atomic E-state index is 11.2. The summed E-state index contributed by atoms with van der Waals surface area (Å²) in [6, 6.07) is 1.91. The van der Waals surface area contributed by atoms with Crippen LogP contribution in [0.15, 0.2) is 37.1 Å². The van der Waals surface area contributed by atoms with Crippen molar-refractivity contribution in [1.29, 1.82) is 0 Å². The van der Waals surface area contributed by atoms with Gasteiger partial charge in [-0.1, -0.05) is 0 Å². The zero-order valence-corrected chi connectivity index (χ0v) is 14.2. The van der Waals surface area contributed by atoms with E-state index in [0.717, 1.165) is 38.2 Å². The molecule has 3 aromatic heterocycles. The minimum atomic E-state index is -1.02. The molecule has 1 atom stereocenters. The molecule has 0 bridgehead atoms. The second kappa shape index (κ2) is 7.22. The molecule has 0 radical (unpaired) electrons. The van der Waals surface area contributed by atoms with Crippen LogP contribution in [0.1, 0.15) is 22.3 Å². The van der Waals surface area contributed by atoms with E-state index in [4.69, 9.17) is 9.84 Å². The van der Waals surface area contributed by atoms with Gasteiger partial charge in [-0.25, -0.2) is 14.3 Å². The van der Waals surface area contributed by atoms with E-state index in [0.29, 0.717) is 12.2 Å². The van der Waals surface area contributed by atoms with E-state index in [1.165, 1.54) is 10.7 Å². The van der Waals surface area contributed by atoms with E-state index in [1.807, 2.05) is 23.1 Å². The lowest BCUT2D eigenvalue weighted by Crippen LogP contribution is -2.34. The number of fused-ring (bicyclic) bond motifs is 1. The minimum absolute atomic E-state index is 0.0809. The van der Waals surface area contributed by atoms with Crippen LogP contribution in [0.4, 0.5) is 0 Å².